The van der Waals surface area contributed by atoms with E-state index in [1.165, 1.54) is 45.9 Å². The van der Waals surface area contributed by atoms with Gasteiger partial charge in [0, 0.05) is 6.07 Å². The minimum atomic E-state index is -4.64. The van der Waals surface area contributed by atoms with Crippen LogP contribution in [0.15, 0.2) is 47.3 Å². The van der Waals surface area contributed by atoms with E-state index in [0.29, 0.717) is 4.70 Å². The minimum Gasteiger partial charge on any atom is -0.508 e. The molecule has 0 bridgehead atoms. The molecule has 10 nitrogen and oxygen atoms in total. The number of phenols is 1. The van der Waals surface area contributed by atoms with Crippen molar-refractivity contribution >= 4 is 36.7 Å². The number of aromatic hydroxyl groups is 1. The van der Waals surface area contributed by atoms with Crippen LogP contribution in [0.1, 0.15) is 44.9 Å². The highest BCUT2D eigenvalue weighted by Crippen LogP contribution is 2.73. The fourth-order valence-electron chi connectivity index (χ4n) is 4.10. The largest absolute Gasteiger partial charge is 0.508 e. The summed E-state index contributed by atoms with van der Waals surface area (Å²) in [5.74, 6) is -0.160. The molecule has 0 aliphatic heterocycles. The van der Waals surface area contributed by atoms with Gasteiger partial charge in [0.15, 0.2) is 5.40 Å². The van der Waals surface area contributed by atoms with Crippen molar-refractivity contribution in [3.05, 3.63) is 63.3 Å². The maximum atomic E-state index is 14.4. The third-order valence-electron chi connectivity index (χ3n) is 5.61. The number of thiazole rings is 1. The van der Waals surface area contributed by atoms with E-state index in [4.69, 9.17) is 18.1 Å². The zero-order valence-corrected chi connectivity index (χ0v) is 24.8. The van der Waals surface area contributed by atoms with E-state index in [2.05, 4.69) is 5.43 Å². The van der Waals surface area contributed by atoms with E-state index in [1.54, 1.807) is 0 Å². The Bertz CT molecular complexity index is 1390. The van der Waals surface area contributed by atoms with Crippen LogP contribution < -0.4 is 10.3 Å². The first-order valence-corrected chi connectivity index (χ1v) is 16.4. The highest BCUT2D eigenvalue weighted by atomic mass is 32.1. The number of rotatable bonds is 14. The van der Waals surface area contributed by atoms with Gasteiger partial charge in [-0.05, 0) is 57.5 Å². The fraction of sp³-hybridized carbons (Fsp3) is 0.458. The molecule has 1 heterocycles. The van der Waals surface area contributed by atoms with Crippen LogP contribution in [-0.2, 0) is 33.4 Å². The number of benzene rings is 2. The van der Waals surface area contributed by atoms with E-state index < -0.39 is 43.2 Å². The summed E-state index contributed by atoms with van der Waals surface area (Å²) in [7, 11) is -8.88. The molecule has 0 spiro atoms. The molecule has 1 unspecified atom stereocenters. The molecule has 1 atom stereocenters. The van der Waals surface area contributed by atoms with Crippen LogP contribution in [0.2, 0.25) is 0 Å². The number of fused-ring (bicyclic) bond motifs is 1. The van der Waals surface area contributed by atoms with Crippen LogP contribution >= 0.6 is 26.5 Å². The van der Waals surface area contributed by atoms with E-state index in [-0.39, 0.29) is 43.3 Å². The van der Waals surface area contributed by atoms with E-state index in [0.717, 1.165) is 40.3 Å². The van der Waals surface area contributed by atoms with Gasteiger partial charge < -0.3 is 28.6 Å². The van der Waals surface area contributed by atoms with Crippen molar-refractivity contribution in [2.24, 2.45) is 0 Å². The summed E-state index contributed by atoms with van der Waals surface area (Å²) in [5, 5.41) is 8.29. The van der Waals surface area contributed by atoms with Gasteiger partial charge in [0.25, 0.3) is 0 Å². The molecule has 0 saturated heterocycles. The zero-order chi connectivity index (χ0) is 29.7. The van der Waals surface area contributed by atoms with Gasteiger partial charge in [-0.2, -0.15) is 13.2 Å². The van der Waals surface area contributed by atoms with Gasteiger partial charge in [0.1, 0.15) is 5.75 Å². The van der Waals surface area contributed by atoms with Crippen LogP contribution in [0.25, 0.3) is 10.2 Å². The van der Waals surface area contributed by atoms with Crippen molar-refractivity contribution in [1.82, 2.24) is 4.68 Å². The molecule has 222 valence electrons. The fourth-order valence-corrected chi connectivity index (χ4v) is 10.5. The van der Waals surface area contributed by atoms with E-state index in [9.17, 15) is 32.2 Å². The second-order valence-corrected chi connectivity index (χ2v) is 14.0. The first-order chi connectivity index (χ1) is 18.8. The smallest absolute Gasteiger partial charge is 0.416 e. The maximum Gasteiger partial charge on any atom is 0.416 e. The summed E-state index contributed by atoms with van der Waals surface area (Å²) in [6.07, 6.45) is -4.64. The van der Waals surface area contributed by atoms with Crippen molar-refractivity contribution in [3.8, 4) is 5.75 Å². The number of halogens is 3. The van der Waals surface area contributed by atoms with Gasteiger partial charge in [0.05, 0.1) is 48.2 Å². The van der Waals surface area contributed by atoms with Gasteiger partial charge in [-0.1, -0.05) is 23.5 Å². The topological polar surface area (TPSA) is 125 Å². The molecule has 0 aliphatic carbocycles. The van der Waals surface area contributed by atoms with Gasteiger partial charge in [-0.3, -0.25) is 13.9 Å². The summed E-state index contributed by atoms with van der Waals surface area (Å²) in [6, 6.07) is 6.55. The number of aromatic nitrogens is 1. The Labute approximate surface area is 233 Å². The highest BCUT2D eigenvalue weighted by Gasteiger charge is 2.56. The summed E-state index contributed by atoms with van der Waals surface area (Å²) >= 11 is 0.820. The number of phenolic OH excluding ortho intramolecular Hbond substituents is 1. The lowest BCUT2D eigenvalue weighted by molar-refractivity contribution is -0.137. The predicted molar refractivity (Wildman–Crippen MR) is 147 cm³/mol. The predicted octanol–water partition coefficient (Wildman–Crippen LogP) is 6.93. The number of alkyl halides is 3. The Balaban J connectivity index is 2.35. The molecule has 0 aliphatic rings. The van der Waals surface area contributed by atoms with Crippen molar-refractivity contribution in [2.75, 3.05) is 31.9 Å². The van der Waals surface area contributed by atoms with Crippen molar-refractivity contribution in [3.63, 3.8) is 0 Å². The molecule has 2 N–H and O–H groups in total. The molecule has 3 rings (SSSR count). The summed E-state index contributed by atoms with van der Waals surface area (Å²) < 4.78 is 92.6. The van der Waals surface area contributed by atoms with Crippen molar-refractivity contribution < 1.29 is 45.5 Å². The summed E-state index contributed by atoms with van der Waals surface area (Å²) in [4.78, 5) is 12.5. The Morgan fingerprint density at radius 1 is 0.900 bits per heavy atom. The molecule has 3 aromatic rings. The Hall–Kier alpha value is -2.18. The Morgan fingerprint density at radius 3 is 1.85 bits per heavy atom. The minimum absolute atomic E-state index is 0.0589. The first kappa shape index (κ1) is 32.3. The van der Waals surface area contributed by atoms with E-state index >= 15 is 0 Å². The normalized spacial score (nSPS) is 13.7. The number of nitrogens with zero attached hydrogens (tertiary/aromatic N) is 1. The average Bonchev–Trinajstić information content (AvgIpc) is 3.17. The van der Waals surface area contributed by atoms with Gasteiger partial charge >= 0.3 is 26.2 Å². The number of hydrogen-bond acceptors (Lipinski definition) is 10. The Morgan fingerprint density at radius 2 is 1.40 bits per heavy atom. The molecule has 2 aromatic carbocycles. The molecule has 1 aromatic heterocycles. The van der Waals surface area contributed by atoms with Crippen LogP contribution in [0.5, 0.6) is 5.75 Å². The van der Waals surface area contributed by atoms with Gasteiger partial charge in [0.2, 0.25) is 0 Å². The lowest BCUT2D eigenvalue weighted by atomic mass is 10.1. The van der Waals surface area contributed by atoms with Crippen molar-refractivity contribution in [1.29, 1.82) is 0 Å². The second-order valence-electron chi connectivity index (χ2n) is 8.25. The SMILES string of the molecule is CCOP(=O)(OCC)C(C(Nn1c(=O)sc2ccc(O)cc21)c1ccc(C(F)(F)F)cc1)P(=O)(OCC)OCC. The molecule has 0 amide bonds. The molecular formula is C24H31F3N2O8P2S. The van der Waals surface area contributed by atoms with Crippen LogP contribution in [0, 0.1) is 0 Å². The molecule has 0 radical (unpaired) electrons. The lowest BCUT2D eigenvalue weighted by Gasteiger charge is -2.37. The molecule has 0 fully saturated rings. The van der Waals surface area contributed by atoms with E-state index in [1.807, 2.05) is 0 Å². The third-order valence-corrected chi connectivity index (χ3v) is 12.6. The molecule has 0 saturated carbocycles. The maximum absolute atomic E-state index is 14.4. The van der Waals surface area contributed by atoms with Gasteiger partial charge in [-0.25, -0.2) is 4.68 Å². The quantitative estimate of drug-likeness (QED) is 0.183. The molecule has 40 heavy (non-hydrogen) atoms. The summed E-state index contributed by atoms with van der Waals surface area (Å²) in [5.41, 5.74) is 2.20. The van der Waals surface area contributed by atoms with Crippen LogP contribution in [0.4, 0.5) is 13.2 Å². The first-order valence-electron chi connectivity index (χ1n) is 12.4. The monoisotopic (exact) mass is 626 g/mol. The van der Waals surface area contributed by atoms with Crippen LogP contribution in [-0.4, -0.2) is 41.6 Å². The highest BCUT2D eigenvalue weighted by molar-refractivity contribution is 7.72. The third kappa shape index (κ3) is 6.99. The molecule has 16 heteroatoms. The number of hydrogen-bond donors (Lipinski definition) is 2. The van der Waals surface area contributed by atoms with Gasteiger partial charge in [-0.15, -0.1) is 0 Å². The molecular weight excluding hydrogens is 595 g/mol. The van der Waals surface area contributed by atoms with Crippen LogP contribution in [0.3, 0.4) is 0 Å². The Kier molecular flexibility index (Phi) is 10.7. The van der Waals surface area contributed by atoms with Crippen molar-refractivity contribution in [2.45, 2.75) is 45.3 Å². The second kappa shape index (κ2) is 13.2. The average molecular weight is 627 g/mol. The number of nitrogens with one attached hydrogen (secondary N) is 1. The zero-order valence-electron chi connectivity index (χ0n) is 22.2. The lowest BCUT2D eigenvalue weighted by Crippen LogP contribution is -2.36. The summed E-state index contributed by atoms with van der Waals surface area (Å²) in [6.45, 7) is 5.60. The standard InChI is InChI=1S/C24H31F3N2O8P2S/c1-5-34-38(32,35-6-2)22(39(33,36-7-3)37-8-4)21(16-9-11-17(12-10-16)24(25,26)27)28-29-19-15-18(30)13-14-20(19)40-23(29)31/h9-15,21-22,28,30H,5-8H2,1-4H3.